The fourth-order valence-electron chi connectivity index (χ4n) is 1.34. The third-order valence-corrected chi connectivity index (χ3v) is 2.50. The number of carbonyl (C=O) groups excluding carboxylic acids is 1. The molecule has 0 fully saturated rings. The van der Waals surface area contributed by atoms with E-state index in [0.717, 1.165) is 0 Å². The second kappa shape index (κ2) is 5.64. The largest absolute Gasteiger partial charge is 0.480 e. The van der Waals surface area contributed by atoms with Gasteiger partial charge in [0.25, 0.3) is 11.5 Å². The second-order valence-corrected chi connectivity index (χ2v) is 4.66. The summed E-state index contributed by atoms with van der Waals surface area (Å²) in [5.41, 5.74) is -1.68. The molecule has 1 heterocycles. The number of aromatic nitrogens is 2. The predicted octanol–water partition coefficient (Wildman–Crippen LogP) is 0.246. The van der Waals surface area contributed by atoms with Gasteiger partial charge in [0.2, 0.25) is 0 Å². The maximum atomic E-state index is 11.9. The Morgan fingerprint density at radius 1 is 1.42 bits per heavy atom. The van der Waals surface area contributed by atoms with Crippen molar-refractivity contribution in [2.24, 2.45) is 0 Å². The topological polar surface area (TPSA) is 101 Å². The van der Waals surface area contributed by atoms with Crippen molar-refractivity contribution in [1.82, 2.24) is 15.1 Å². The Hall–Kier alpha value is -2.18. The molecule has 1 aromatic heterocycles. The van der Waals surface area contributed by atoms with Crippen LogP contribution >= 0.6 is 0 Å². The molecule has 0 radical (unpaired) electrons. The van der Waals surface area contributed by atoms with E-state index in [0.29, 0.717) is 13.0 Å². The van der Waals surface area contributed by atoms with E-state index in [-0.39, 0.29) is 11.3 Å². The van der Waals surface area contributed by atoms with E-state index < -0.39 is 17.4 Å². The molecule has 7 heteroatoms. The van der Waals surface area contributed by atoms with Crippen molar-refractivity contribution < 1.29 is 14.7 Å². The van der Waals surface area contributed by atoms with Crippen LogP contribution in [0.15, 0.2) is 16.9 Å². The van der Waals surface area contributed by atoms with Crippen LogP contribution in [0.3, 0.4) is 0 Å². The van der Waals surface area contributed by atoms with Crippen LogP contribution in [0.5, 0.6) is 0 Å². The Kier molecular flexibility index (Phi) is 4.42. The molecule has 19 heavy (non-hydrogen) atoms. The van der Waals surface area contributed by atoms with Crippen LogP contribution < -0.4 is 10.9 Å². The number of carboxylic acids is 1. The molecule has 0 aliphatic heterocycles. The fraction of sp³-hybridized carbons (Fsp3) is 0.500. The minimum absolute atomic E-state index is 0.0161. The summed E-state index contributed by atoms with van der Waals surface area (Å²) < 4.78 is 1.18. The summed E-state index contributed by atoms with van der Waals surface area (Å²) in [5.74, 6) is -1.78. The molecule has 7 nitrogen and oxygen atoms in total. The third-order valence-electron chi connectivity index (χ3n) is 2.50. The van der Waals surface area contributed by atoms with Gasteiger partial charge in [0.15, 0.2) is 0 Å². The molecular formula is C12H17N3O4. The summed E-state index contributed by atoms with van der Waals surface area (Å²) in [6.07, 6.45) is 0.707. The van der Waals surface area contributed by atoms with E-state index in [2.05, 4.69) is 10.4 Å². The van der Waals surface area contributed by atoms with Crippen LogP contribution in [-0.4, -0.2) is 32.3 Å². The van der Waals surface area contributed by atoms with E-state index in [4.69, 9.17) is 5.11 Å². The van der Waals surface area contributed by atoms with Crippen molar-refractivity contribution in [3.05, 3.63) is 28.2 Å². The first-order chi connectivity index (χ1) is 8.77. The Morgan fingerprint density at radius 2 is 2.05 bits per heavy atom. The SMILES string of the molecule is CCCn1nc(C(=O)NC(C)(C)C(=O)O)ccc1=O. The molecule has 0 saturated carbocycles. The van der Waals surface area contributed by atoms with E-state index in [1.165, 1.54) is 30.7 Å². The number of carboxylic acid groups (broad SMARTS) is 1. The quantitative estimate of drug-likeness (QED) is 0.796. The van der Waals surface area contributed by atoms with Gasteiger partial charge in [-0.05, 0) is 26.3 Å². The molecule has 2 N–H and O–H groups in total. The van der Waals surface area contributed by atoms with Crippen molar-refractivity contribution in [2.75, 3.05) is 0 Å². The number of nitrogens with zero attached hydrogens (tertiary/aromatic N) is 2. The highest BCUT2D eigenvalue weighted by atomic mass is 16.4. The molecule has 1 rings (SSSR count). The van der Waals surface area contributed by atoms with Gasteiger partial charge in [-0.1, -0.05) is 6.92 Å². The maximum Gasteiger partial charge on any atom is 0.328 e. The van der Waals surface area contributed by atoms with Gasteiger partial charge in [0.1, 0.15) is 11.2 Å². The lowest BCUT2D eigenvalue weighted by molar-refractivity contribution is -0.143. The number of hydrogen-bond donors (Lipinski definition) is 2. The molecule has 0 aliphatic rings. The monoisotopic (exact) mass is 267 g/mol. The first-order valence-electron chi connectivity index (χ1n) is 5.92. The molecule has 0 aromatic carbocycles. The van der Waals surface area contributed by atoms with Crippen molar-refractivity contribution >= 4 is 11.9 Å². The van der Waals surface area contributed by atoms with Crippen molar-refractivity contribution in [3.63, 3.8) is 0 Å². The van der Waals surface area contributed by atoms with Gasteiger partial charge < -0.3 is 10.4 Å². The van der Waals surface area contributed by atoms with E-state index in [1.807, 2.05) is 6.92 Å². The first kappa shape index (κ1) is 14.9. The molecule has 1 aromatic rings. The predicted molar refractivity (Wildman–Crippen MR) is 68.0 cm³/mol. The maximum absolute atomic E-state index is 11.9. The number of hydrogen-bond acceptors (Lipinski definition) is 4. The smallest absolute Gasteiger partial charge is 0.328 e. The summed E-state index contributed by atoms with van der Waals surface area (Å²) >= 11 is 0. The minimum atomic E-state index is -1.40. The highest BCUT2D eigenvalue weighted by Crippen LogP contribution is 2.03. The normalized spacial score (nSPS) is 11.1. The van der Waals surface area contributed by atoms with Gasteiger partial charge in [0.05, 0.1) is 0 Å². The average molecular weight is 267 g/mol. The summed E-state index contributed by atoms with van der Waals surface area (Å²) in [6, 6.07) is 2.52. The summed E-state index contributed by atoms with van der Waals surface area (Å²) in [5, 5.41) is 15.2. The average Bonchev–Trinajstić information content (AvgIpc) is 2.31. The fourth-order valence-corrected chi connectivity index (χ4v) is 1.34. The molecule has 0 unspecified atom stereocenters. The zero-order chi connectivity index (χ0) is 14.6. The highest BCUT2D eigenvalue weighted by molar-refractivity contribution is 5.95. The standard InChI is InChI=1S/C12H17N3O4/c1-4-7-15-9(16)6-5-8(14-15)10(17)13-12(2,3)11(18)19/h5-6H,4,7H2,1-3H3,(H,13,17)(H,18,19). The molecule has 0 bridgehead atoms. The first-order valence-corrected chi connectivity index (χ1v) is 5.92. The lowest BCUT2D eigenvalue weighted by atomic mass is 10.1. The van der Waals surface area contributed by atoms with E-state index in [9.17, 15) is 14.4 Å². The van der Waals surface area contributed by atoms with Crippen LogP contribution in [0, 0.1) is 0 Å². The van der Waals surface area contributed by atoms with Crippen molar-refractivity contribution in [3.8, 4) is 0 Å². The molecule has 0 spiro atoms. The van der Waals surface area contributed by atoms with Crippen LogP contribution in [0.2, 0.25) is 0 Å². The number of aryl methyl sites for hydroxylation is 1. The van der Waals surface area contributed by atoms with Gasteiger partial charge in [-0.15, -0.1) is 0 Å². The number of carbonyl (C=O) groups is 2. The van der Waals surface area contributed by atoms with E-state index >= 15 is 0 Å². The third kappa shape index (κ3) is 3.64. The van der Waals surface area contributed by atoms with Gasteiger partial charge in [-0.25, -0.2) is 9.48 Å². The van der Waals surface area contributed by atoms with Gasteiger partial charge in [-0.2, -0.15) is 5.10 Å². The molecule has 0 saturated heterocycles. The highest BCUT2D eigenvalue weighted by Gasteiger charge is 2.29. The van der Waals surface area contributed by atoms with Crippen LogP contribution in [-0.2, 0) is 11.3 Å². The van der Waals surface area contributed by atoms with Crippen LogP contribution in [0.4, 0.5) is 0 Å². The summed E-state index contributed by atoms with van der Waals surface area (Å²) in [6.45, 7) is 5.03. The summed E-state index contributed by atoms with van der Waals surface area (Å²) in [4.78, 5) is 34.3. The minimum Gasteiger partial charge on any atom is -0.480 e. The van der Waals surface area contributed by atoms with Crippen LogP contribution in [0.1, 0.15) is 37.7 Å². The zero-order valence-corrected chi connectivity index (χ0v) is 11.1. The molecule has 0 atom stereocenters. The lowest BCUT2D eigenvalue weighted by Crippen LogP contribution is -2.50. The number of aliphatic carboxylic acids is 1. The zero-order valence-electron chi connectivity index (χ0n) is 11.1. The molecular weight excluding hydrogens is 250 g/mol. The van der Waals surface area contributed by atoms with Crippen LogP contribution in [0.25, 0.3) is 0 Å². The number of amides is 1. The Morgan fingerprint density at radius 3 is 2.58 bits per heavy atom. The van der Waals surface area contributed by atoms with Gasteiger partial charge >= 0.3 is 5.97 Å². The van der Waals surface area contributed by atoms with Gasteiger partial charge in [-0.3, -0.25) is 9.59 Å². The Bertz CT molecular complexity index is 548. The second-order valence-electron chi connectivity index (χ2n) is 4.66. The Labute approximate surface area is 110 Å². The van der Waals surface area contributed by atoms with Gasteiger partial charge in [0, 0.05) is 12.6 Å². The molecule has 1 amide bonds. The molecule has 0 aliphatic carbocycles. The van der Waals surface area contributed by atoms with Crippen molar-refractivity contribution in [1.29, 1.82) is 0 Å². The van der Waals surface area contributed by atoms with E-state index in [1.54, 1.807) is 0 Å². The van der Waals surface area contributed by atoms with Crippen molar-refractivity contribution in [2.45, 2.75) is 39.3 Å². The molecule has 104 valence electrons. The summed E-state index contributed by atoms with van der Waals surface area (Å²) in [7, 11) is 0. The Balaban J connectivity index is 2.98. The number of nitrogens with one attached hydrogen (secondary N) is 1. The number of rotatable bonds is 5. The lowest BCUT2D eigenvalue weighted by Gasteiger charge is -2.20.